The van der Waals surface area contributed by atoms with E-state index in [9.17, 15) is 13.5 Å². The summed E-state index contributed by atoms with van der Waals surface area (Å²) in [6, 6.07) is 6.32. The summed E-state index contributed by atoms with van der Waals surface area (Å²) in [5.41, 5.74) is 0.595. The summed E-state index contributed by atoms with van der Waals surface area (Å²) in [5.74, 6) is 0. The van der Waals surface area contributed by atoms with Gasteiger partial charge in [0.15, 0.2) is 0 Å². The van der Waals surface area contributed by atoms with Crippen LogP contribution in [0.2, 0.25) is 0 Å². The minimum absolute atomic E-state index is 0.200. The van der Waals surface area contributed by atoms with Crippen LogP contribution in [0.1, 0.15) is 18.6 Å². The van der Waals surface area contributed by atoms with Gasteiger partial charge in [0.1, 0.15) is 0 Å². The standard InChI is InChI=1S/C10H15NO3S/c1-8(12)9-5-4-6-10(7-9)15(13,14)11(2)3/h4-8,12H,1-3H3. The SMILES string of the molecule is CC(O)c1cccc(S(=O)(=O)N(C)C)c1. The highest BCUT2D eigenvalue weighted by molar-refractivity contribution is 7.89. The second-order valence-corrected chi connectivity index (χ2v) is 5.69. The number of aliphatic hydroxyl groups is 1. The van der Waals surface area contributed by atoms with Crippen molar-refractivity contribution < 1.29 is 13.5 Å². The van der Waals surface area contributed by atoms with Crippen LogP contribution < -0.4 is 0 Å². The van der Waals surface area contributed by atoms with Crippen molar-refractivity contribution in [1.82, 2.24) is 4.31 Å². The summed E-state index contributed by atoms with van der Waals surface area (Å²) in [6.07, 6.45) is -0.665. The van der Waals surface area contributed by atoms with Gasteiger partial charge in [-0.3, -0.25) is 0 Å². The third-order valence-electron chi connectivity index (χ3n) is 2.12. The normalized spacial score (nSPS) is 14.2. The Bertz CT molecular complexity index is 438. The number of hydrogen-bond acceptors (Lipinski definition) is 3. The molecule has 5 heteroatoms. The van der Waals surface area contributed by atoms with E-state index in [0.717, 1.165) is 4.31 Å². The Labute approximate surface area is 90.2 Å². The van der Waals surface area contributed by atoms with Crippen molar-refractivity contribution in [2.24, 2.45) is 0 Å². The third-order valence-corrected chi connectivity index (χ3v) is 3.93. The second kappa shape index (κ2) is 4.30. The van der Waals surface area contributed by atoms with Gasteiger partial charge in [0.25, 0.3) is 0 Å². The molecule has 4 nitrogen and oxygen atoms in total. The maximum absolute atomic E-state index is 11.8. The van der Waals surface area contributed by atoms with Crippen molar-refractivity contribution >= 4 is 10.0 Å². The maximum Gasteiger partial charge on any atom is 0.242 e. The van der Waals surface area contributed by atoms with Gasteiger partial charge in [-0.15, -0.1) is 0 Å². The molecule has 0 saturated heterocycles. The topological polar surface area (TPSA) is 57.6 Å². The molecule has 1 aromatic carbocycles. The van der Waals surface area contributed by atoms with E-state index in [1.54, 1.807) is 19.1 Å². The summed E-state index contributed by atoms with van der Waals surface area (Å²) in [7, 11) is -0.458. The molecular formula is C10H15NO3S. The third kappa shape index (κ3) is 2.56. The van der Waals surface area contributed by atoms with Gasteiger partial charge in [-0.05, 0) is 24.6 Å². The van der Waals surface area contributed by atoms with Gasteiger partial charge in [-0.25, -0.2) is 12.7 Å². The Morgan fingerprint density at radius 3 is 2.40 bits per heavy atom. The molecule has 0 aliphatic heterocycles. The smallest absolute Gasteiger partial charge is 0.242 e. The number of benzene rings is 1. The Kier molecular flexibility index (Phi) is 3.49. The molecule has 1 N–H and O–H groups in total. The van der Waals surface area contributed by atoms with Crippen LogP contribution in [-0.4, -0.2) is 31.9 Å². The summed E-state index contributed by atoms with van der Waals surface area (Å²) < 4.78 is 24.6. The molecule has 0 fully saturated rings. The van der Waals surface area contributed by atoms with Crippen LogP contribution in [0.15, 0.2) is 29.2 Å². The van der Waals surface area contributed by atoms with E-state index in [0.29, 0.717) is 5.56 Å². The molecule has 0 saturated carbocycles. The van der Waals surface area contributed by atoms with Gasteiger partial charge in [-0.1, -0.05) is 12.1 Å². The first-order valence-electron chi connectivity index (χ1n) is 4.56. The lowest BCUT2D eigenvalue weighted by Gasteiger charge is -2.12. The summed E-state index contributed by atoms with van der Waals surface area (Å²) in [4.78, 5) is 0.200. The average Bonchev–Trinajstić information content (AvgIpc) is 2.17. The van der Waals surface area contributed by atoms with Gasteiger partial charge in [0.05, 0.1) is 11.0 Å². The van der Waals surface area contributed by atoms with Gasteiger partial charge < -0.3 is 5.11 Å². The minimum atomic E-state index is -3.41. The lowest BCUT2D eigenvalue weighted by molar-refractivity contribution is 0.199. The molecule has 0 radical (unpaired) electrons. The first-order valence-corrected chi connectivity index (χ1v) is 6.00. The van der Waals surface area contributed by atoms with E-state index < -0.39 is 16.1 Å². The molecular weight excluding hydrogens is 214 g/mol. The van der Waals surface area contributed by atoms with Crippen LogP contribution >= 0.6 is 0 Å². The second-order valence-electron chi connectivity index (χ2n) is 3.54. The summed E-state index contributed by atoms with van der Waals surface area (Å²) >= 11 is 0. The molecule has 0 aliphatic rings. The highest BCUT2D eigenvalue weighted by Gasteiger charge is 2.17. The lowest BCUT2D eigenvalue weighted by Crippen LogP contribution is -2.22. The zero-order chi connectivity index (χ0) is 11.6. The van der Waals surface area contributed by atoms with Crippen LogP contribution in [0.5, 0.6) is 0 Å². The molecule has 84 valence electrons. The number of rotatable bonds is 3. The molecule has 0 heterocycles. The molecule has 0 aliphatic carbocycles. The van der Waals surface area contributed by atoms with Gasteiger partial charge in [0, 0.05) is 14.1 Å². The molecule has 1 rings (SSSR count). The van der Waals surface area contributed by atoms with Gasteiger partial charge in [0.2, 0.25) is 10.0 Å². The molecule has 0 aromatic heterocycles. The zero-order valence-electron chi connectivity index (χ0n) is 9.01. The number of aliphatic hydroxyl groups excluding tert-OH is 1. The maximum atomic E-state index is 11.8. The number of hydrogen-bond donors (Lipinski definition) is 1. The monoisotopic (exact) mass is 229 g/mol. The van der Waals surface area contributed by atoms with E-state index in [-0.39, 0.29) is 4.90 Å². The van der Waals surface area contributed by atoms with Crippen molar-refractivity contribution in [3.63, 3.8) is 0 Å². The van der Waals surface area contributed by atoms with Crippen LogP contribution in [0.3, 0.4) is 0 Å². The fourth-order valence-electron chi connectivity index (χ4n) is 1.15. The number of nitrogens with zero attached hydrogens (tertiary/aromatic N) is 1. The fourth-order valence-corrected chi connectivity index (χ4v) is 2.10. The predicted octanol–water partition coefficient (Wildman–Crippen LogP) is 0.990. The first-order chi connectivity index (χ1) is 6.85. The van der Waals surface area contributed by atoms with Crippen molar-refractivity contribution in [3.05, 3.63) is 29.8 Å². The Morgan fingerprint density at radius 2 is 1.93 bits per heavy atom. The van der Waals surface area contributed by atoms with Crippen LogP contribution in [0, 0.1) is 0 Å². The largest absolute Gasteiger partial charge is 0.389 e. The zero-order valence-corrected chi connectivity index (χ0v) is 9.82. The fraction of sp³-hybridized carbons (Fsp3) is 0.400. The molecule has 15 heavy (non-hydrogen) atoms. The highest BCUT2D eigenvalue weighted by atomic mass is 32.2. The summed E-state index contributed by atoms with van der Waals surface area (Å²) in [5, 5.41) is 9.34. The van der Waals surface area contributed by atoms with Crippen LogP contribution in [-0.2, 0) is 10.0 Å². The molecule has 1 aromatic rings. The quantitative estimate of drug-likeness (QED) is 0.841. The first kappa shape index (κ1) is 12.2. The van der Waals surface area contributed by atoms with E-state index in [4.69, 9.17) is 0 Å². The van der Waals surface area contributed by atoms with Gasteiger partial charge in [-0.2, -0.15) is 0 Å². The predicted molar refractivity (Wildman–Crippen MR) is 57.9 cm³/mol. The highest BCUT2D eigenvalue weighted by Crippen LogP contribution is 2.18. The Hall–Kier alpha value is -0.910. The van der Waals surface area contributed by atoms with Crippen molar-refractivity contribution in [3.8, 4) is 0 Å². The summed E-state index contributed by atoms with van der Waals surface area (Å²) in [6.45, 7) is 1.60. The molecule has 0 bridgehead atoms. The Morgan fingerprint density at radius 1 is 1.33 bits per heavy atom. The molecule has 1 atom stereocenters. The van der Waals surface area contributed by atoms with E-state index in [1.807, 2.05) is 0 Å². The van der Waals surface area contributed by atoms with E-state index >= 15 is 0 Å². The van der Waals surface area contributed by atoms with E-state index in [1.165, 1.54) is 26.2 Å². The Balaban J connectivity index is 3.23. The van der Waals surface area contributed by atoms with Crippen molar-refractivity contribution in [2.75, 3.05) is 14.1 Å². The van der Waals surface area contributed by atoms with Crippen LogP contribution in [0.4, 0.5) is 0 Å². The molecule has 1 unspecified atom stereocenters. The lowest BCUT2D eigenvalue weighted by atomic mass is 10.1. The van der Waals surface area contributed by atoms with Crippen LogP contribution in [0.25, 0.3) is 0 Å². The van der Waals surface area contributed by atoms with Gasteiger partial charge >= 0.3 is 0 Å². The van der Waals surface area contributed by atoms with Crippen molar-refractivity contribution in [2.45, 2.75) is 17.9 Å². The van der Waals surface area contributed by atoms with Crippen molar-refractivity contribution in [1.29, 1.82) is 0 Å². The molecule has 0 amide bonds. The average molecular weight is 229 g/mol. The van der Waals surface area contributed by atoms with E-state index in [2.05, 4.69) is 0 Å². The minimum Gasteiger partial charge on any atom is -0.389 e. The molecule has 0 spiro atoms. The number of sulfonamides is 1.